The van der Waals surface area contributed by atoms with E-state index in [4.69, 9.17) is 0 Å². The molecule has 0 saturated heterocycles. The van der Waals surface area contributed by atoms with Crippen LogP contribution in [0, 0.1) is 0 Å². The summed E-state index contributed by atoms with van der Waals surface area (Å²) in [6.07, 6.45) is 3.59. The molecule has 112 valence electrons. The van der Waals surface area contributed by atoms with Crippen molar-refractivity contribution < 1.29 is 4.79 Å². The number of anilines is 1. The van der Waals surface area contributed by atoms with Crippen LogP contribution >= 0.6 is 11.8 Å². The lowest BCUT2D eigenvalue weighted by molar-refractivity contribution is -0.113. The molecule has 0 aliphatic heterocycles. The van der Waals surface area contributed by atoms with Crippen LogP contribution in [0.5, 0.6) is 0 Å². The number of rotatable bonds is 4. The minimum absolute atomic E-state index is 0.0218. The largest absolute Gasteiger partial charge is 0.329 e. The van der Waals surface area contributed by atoms with Crippen molar-refractivity contribution in [2.75, 3.05) is 11.1 Å². The number of hydrogen-bond acceptors (Lipinski definition) is 3. The summed E-state index contributed by atoms with van der Waals surface area (Å²) < 4.78 is 1.90. The molecule has 1 amide bonds. The number of thioether (sulfide) groups is 1. The van der Waals surface area contributed by atoms with Crippen LogP contribution in [0.3, 0.4) is 0 Å². The third kappa shape index (κ3) is 4.36. The molecule has 1 aromatic heterocycles. The van der Waals surface area contributed by atoms with Crippen molar-refractivity contribution in [3.05, 3.63) is 42.2 Å². The molecule has 0 aliphatic carbocycles. The molecule has 0 fully saturated rings. The molecule has 0 spiro atoms. The molecule has 21 heavy (non-hydrogen) atoms. The summed E-state index contributed by atoms with van der Waals surface area (Å²) in [7, 11) is 1.92. The maximum absolute atomic E-state index is 11.9. The van der Waals surface area contributed by atoms with Gasteiger partial charge in [0.15, 0.2) is 5.16 Å². The second-order valence-corrected chi connectivity index (χ2v) is 6.93. The van der Waals surface area contributed by atoms with Gasteiger partial charge in [-0.2, -0.15) is 0 Å². The number of aromatic nitrogens is 2. The van der Waals surface area contributed by atoms with E-state index in [1.807, 2.05) is 29.9 Å². The van der Waals surface area contributed by atoms with Gasteiger partial charge in [-0.3, -0.25) is 4.79 Å². The molecule has 0 bridgehead atoms. The lowest BCUT2D eigenvalue weighted by Crippen LogP contribution is -2.15. The zero-order valence-corrected chi connectivity index (χ0v) is 13.7. The highest BCUT2D eigenvalue weighted by atomic mass is 32.2. The molecule has 0 radical (unpaired) electrons. The molecule has 5 heteroatoms. The molecular formula is C16H21N3OS. The second kappa shape index (κ2) is 6.35. The third-order valence-electron chi connectivity index (χ3n) is 3.14. The van der Waals surface area contributed by atoms with Gasteiger partial charge in [-0.05, 0) is 23.1 Å². The van der Waals surface area contributed by atoms with Gasteiger partial charge in [0.1, 0.15) is 0 Å². The van der Waals surface area contributed by atoms with E-state index in [0.29, 0.717) is 5.75 Å². The highest BCUT2D eigenvalue weighted by Gasteiger charge is 2.13. The van der Waals surface area contributed by atoms with Gasteiger partial charge in [-0.1, -0.05) is 44.7 Å². The van der Waals surface area contributed by atoms with Gasteiger partial charge in [0.25, 0.3) is 0 Å². The van der Waals surface area contributed by atoms with Crippen molar-refractivity contribution >= 4 is 23.4 Å². The van der Waals surface area contributed by atoms with Crippen LogP contribution in [-0.2, 0) is 17.3 Å². The zero-order chi connectivity index (χ0) is 15.5. The van der Waals surface area contributed by atoms with Crippen molar-refractivity contribution in [1.82, 2.24) is 9.55 Å². The molecule has 1 N–H and O–H groups in total. The van der Waals surface area contributed by atoms with Crippen LogP contribution in [0.4, 0.5) is 5.69 Å². The van der Waals surface area contributed by atoms with Crippen LogP contribution in [0.1, 0.15) is 26.3 Å². The maximum Gasteiger partial charge on any atom is 0.234 e. The van der Waals surface area contributed by atoms with E-state index in [-0.39, 0.29) is 11.3 Å². The summed E-state index contributed by atoms with van der Waals surface area (Å²) in [6.45, 7) is 6.51. The molecule has 0 unspecified atom stereocenters. The molecule has 4 nitrogen and oxygen atoms in total. The molecule has 0 aliphatic rings. The first kappa shape index (κ1) is 15.6. The summed E-state index contributed by atoms with van der Waals surface area (Å²) in [6, 6.07) is 8.01. The van der Waals surface area contributed by atoms with Crippen molar-refractivity contribution in [2.45, 2.75) is 31.3 Å². The molecule has 1 heterocycles. The smallest absolute Gasteiger partial charge is 0.234 e. The molecule has 0 saturated carbocycles. The summed E-state index contributed by atoms with van der Waals surface area (Å²) in [4.78, 5) is 16.1. The fraction of sp³-hybridized carbons (Fsp3) is 0.375. The van der Waals surface area contributed by atoms with E-state index >= 15 is 0 Å². The predicted octanol–water partition coefficient (Wildman–Crippen LogP) is 3.45. The van der Waals surface area contributed by atoms with Gasteiger partial charge in [0.2, 0.25) is 5.91 Å². The normalized spacial score (nSPS) is 11.4. The van der Waals surface area contributed by atoms with Gasteiger partial charge in [0, 0.05) is 25.1 Å². The summed E-state index contributed by atoms with van der Waals surface area (Å²) in [5, 5.41) is 3.75. The number of imidazole rings is 1. The molecule has 0 atom stereocenters. The van der Waals surface area contributed by atoms with Crippen molar-refractivity contribution in [3.63, 3.8) is 0 Å². The van der Waals surface area contributed by atoms with Crippen molar-refractivity contribution in [3.8, 4) is 0 Å². The average Bonchev–Trinajstić information content (AvgIpc) is 2.81. The maximum atomic E-state index is 11.9. The molecular weight excluding hydrogens is 282 g/mol. The van der Waals surface area contributed by atoms with Crippen LogP contribution in [0.25, 0.3) is 0 Å². The Kier molecular flexibility index (Phi) is 4.73. The Labute approximate surface area is 130 Å². The molecule has 2 aromatic rings. The van der Waals surface area contributed by atoms with Gasteiger partial charge in [0.05, 0.1) is 5.75 Å². The third-order valence-corrected chi connectivity index (χ3v) is 4.20. The lowest BCUT2D eigenvalue weighted by Gasteiger charge is -2.19. The van der Waals surface area contributed by atoms with Crippen molar-refractivity contribution in [1.29, 1.82) is 0 Å². The Bertz CT molecular complexity index is 611. The Balaban J connectivity index is 1.89. The van der Waals surface area contributed by atoms with Crippen LogP contribution < -0.4 is 5.32 Å². The van der Waals surface area contributed by atoms with E-state index in [2.05, 4.69) is 43.2 Å². The van der Waals surface area contributed by atoms with E-state index in [0.717, 1.165) is 10.8 Å². The van der Waals surface area contributed by atoms with E-state index in [1.54, 1.807) is 6.20 Å². The highest BCUT2D eigenvalue weighted by molar-refractivity contribution is 7.99. The predicted molar refractivity (Wildman–Crippen MR) is 87.7 cm³/mol. The average molecular weight is 303 g/mol. The highest BCUT2D eigenvalue weighted by Crippen LogP contribution is 2.23. The summed E-state index contributed by atoms with van der Waals surface area (Å²) in [5.41, 5.74) is 2.20. The molecule has 1 aromatic carbocycles. The topological polar surface area (TPSA) is 46.9 Å². The quantitative estimate of drug-likeness (QED) is 0.880. The summed E-state index contributed by atoms with van der Waals surface area (Å²) >= 11 is 1.43. The zero-order valence-electron chi connectivity index (χ0n) is 12.9. The van der Waals surface area contributed by atoms with Gasteiger partial charge < -0.3 is 9.88 Å². The Morgan fingerprint density at radius 3 is 2.48 bits per heavy atom. The van der Waals surface area contributed by atoms with Gasteiger partial charge in [-0.25, -0.2) is 4.98 Å². The first-order chi connectivity index (χ1) is 9.86. The van der Waals surface area contributed by atoms with Crippen LogP contribution in [0.15, 0.2) is 41.8 Å². The van der Waals surface area contributed by atoms with Gasteiger partial charge in [-0.15, -0.1) is 0 Å². The number of aryl methyl sites for hydroxylation is 1. The number of hydrogen-bond donors (Lipinski definition) is 1. The van der Waals surface area contributed by atoms with E-state index in [1.165, 1.54) is 17.3 Å². The number of benzene rings is 1. The second-order valence-electron chi connectivity index (χ2n) is 5.98. The van der Waals surface area contributed by atoms with Crippen LogP contribution in [-0.4, -0.2) is 21.2 Å². The van der Waals surface area contributed by atoms with E-state index < -0.39 is 0 Å². The first-order valence-electron chi connectivity index (χ1n) is 6.87. The van der Waals surface area contributed by atoms with Gasteiger partial charge >= 0.3 is 0 Å². The molecule has 2 rings (SSSR count). The fourth-order valence-electron chi connectivity index (χ4n) is 1.87. The van der Waals surface area contributed by atoms with E-state index in [9.17, 15) is 4.79 Å². The number of carbonyl (C=O) groups is 1. The fourth-order valence-corrected chi connectivity index (χ4v) is 2.60. The lowest BCUT2D eigenvalue weighted by atomic mass is 9.87. The number of nitrogens with one attached hydrogen (secondary N) is 1. The Morgan fingerprint density at radius 2 is 1.95 bits per heavy atom. The van der Waals surface area contributed by atoms with Crippen LogP contribution in [0.2, 0.25) is 0 Å². The Morgan fingerprint density at radius 1 is 1.29 bits per heavy atom. The first-order valence-corrected chi connectivity index (χ1v) is 7.85. The monoisotopic (exact) mass is 303 g/mol. The standard InChI is InChI=1S/C16H21N3OS/c1-16(2,3)12-5-7-13(8-6-12)18-14(20)11-21-15-17-9-10-19(15)4/h5-10H,11H2,1-4H3,(H,18,20). The SMILES string of the molecule is Cn1ccnc1SCC(=O)Nc1ccc(C(C)(C)C)cc1. The number of amides is 1. The Hall–Kier alpha value is -1.75. The number of nitrogens with zero attached hydrogens (tertiary/aromatic N) is 2. The minimum atomic E-state index is -0.0218. The minimum Gasteiger partial charge on any atom is -0.329 e. The summed E-state index contributed by atoms with van der Waals surface area (Å²) in [5.74, 6) is 0.331. The van der Waals surface area contributed by atoms with Crippen molar-refractivity contribution in [2.24, 2.45) is 7.05 Å². The number of carbonyl (C=O) groups excluding carboxylic acids is 1.